The number of rotatable bonds is 7. The van der Waals surface area contributed by atoms with Crippen LogP contribution in [-0.4, -0.2) is 31.6 Å². The first-order valence-corrected chi connectivity index (χ1v) is 9.73. The van der Waals surface area contributed by atoms with Crippen molar-refractivity contribution in [3.63, 3.8) is 0 Å². The summed E-state index contributed by atoms with van der Waals surface area (Å²) >= 11 is 5.93. The molecule has 1 unspecified atom stereocenters. The summed E-state index contributed by atoms with van der Waals surface area (Å²) in [6.07, 6.45) is 1.06. The van der Waals surface area contributed by atoms with Crippen LogP contribution in [0.2, 0.25) is 5.02 Å². The topological polar surface area (TPSA) is 50.1 Å². The smallest absolute Gasteiger partial charge is 0.275 e. The Kier molecular flexibility index (Phi) is 6.67. The maximum absolute atomic E-state index is 12.3. The van der Waals surface area contributed by atoms with Crippen molar-refractivity contribution in [1.29, 1.82) is 0 Å². The van der Waals surface area contributed by atoms with E-state index in [9.17, 15) is 4.79 Å². The minimum atomic E-state index is 0.122. The van der Waals surface area contributed by atoms with E-state index in [0.717, 1.165) is 31.1 Å². The number of halogens is 1. The van der Waals surface area contributed by atoms with Crippen LogP contribution in [0.5, 0.6) is 0 Å². The maximum Gasteiger partial charge on any atom is 0.275 e. The molecule has 1 aliphatic heterocycles. The Morgan fingerprint density at radius 1 is 1.23 bits per heavy atom. The predicted molar refractivity (Wildman–Crippen MR) is 104 cm³/mol. The third-order valence-corrected chi connectivity index (χ3v) is 5.35. The van der Waals surface area contributed by atoms with Crippen molar-refractivity contribution in [2.45, 2.75) is 32.0 Å². The molecule has 1 fully saturated rings. The zero-order valence-electron chi connectivity index (χ0n) is 15.2. The molecule has 0 bridgehead atoms. The molecule has 0 saturated carbocycles. The molecule has 3 rings (SSSR count). The monoisotopic (exact) mass is 373 g/mol. The summed E-state index contributed by atoms with van der Waals surface area (Å²) in [6, 6.07) is 18.9. The largest absolute Gasteiger partial charge is 0.343 e. The summed E-state index contributed by atoms with van der Waals surface area (Å²) in [5, 5.41) is 6.01. The van der Waals surface area contributed by atoms with Gasteiger partial charge in [0.2, 0.25) is 0 Å². The highest BCUT2D eigenvalue weighted by Gasteiger charge is 2.27. The molecule has 0 aromatic heterocycles. The first kappa shape index (κ1) is 18.9. The highest BCUT2D eigenvalue weighted by atomic mass is 35.5. The van der Waals surface area contributed by atoms with Gasteiger partial charge in [0.1, 0.15) is 12.6 Å². The molecule has 1 aliphatic rings. The third-order valence-electron chi connectivity index (χ3n) is 5.10. The van der Waals surface area contributed by atoms with Crippen LogP contribution in [0.4, 0.5) is 0 Å². The van der Waals surface area contributed by atoms with Gasteiger partial charge in [-0.05, 0) is 19.1 Å². The van der Waals surface area contributed by atoms with Crippen LogP contribution in [0.15, 0.2) is 54.6 Å². The molecule has 2 aromatic carbocycles. The van der Waals surface area contributed by atoms with E-state index >= 15 is 0 Å². The standard InChI is InChI=1S/C21H26ClN3O/c1-16(18-7-9-19(22)10-8-18)23-13-21(26)24-20-11-12-25(15-20)14-17-5-3-2-4-6-17/h2-10,16,20,23H,11-15H2,1H3,(H,24,26)/p+2/t16-,20+/m0/s1. The van der Waals surface area contributed by atoms with Gasteiger partial charge in [0, 0.05) is 22.6 Å². The number of quaternary nitrogens is 2. The quantitative estimate of drug-likeness (QED) is 0.664. The second-order valence-corrected chi connectivity index (χ2v) is 7.64. The molecule has 5 heteroatoms. The van der Waals surface area contributed by atoms with Gasteiger partial charge in [0.25, 0.3) is 5.91 Å². The molecular formula is C21H28ClN3O+2. The predicted octanol–water partition coefficient (Wildman–Crippen LogP) is 0.938. The van der Waals surface area contributed by atoms with Gasteiger partial charge in [-0.3, -0.25) is 4.79 Å². The summed E-state index contributed by atoms with van der Waals surface area (Å²) in [4.78, 5) is 13.8. The minimum Gasteiger partial charge on any atom is -0.343 e. The average molecular weight is 374 g/mol. The SMILES string of the molecule is C[C@H]([NH2+]CC(=O)N[C@@H]1CC[NH+](Cc2ccccc2)C1)c1ccc(Cl)cc1. The van der Waals surface area contributed by atoms with E-state index in [4.69, 9.17) is 11.6 Å². The Bertz CT molecular complexity index is 705. The van der Waals surface area contributed by atoms with E-state index in [0.29, 0.717) is 12.6 Å². The number of carbonyl (C=O) groups excluding carboxylic acids is 1. The van der Waals surface area contributed by atoms with Gasteiger partial charge in [0.05, 0.1) is 19.1 Å². The summed E-state index contributed by atoms with van der Waals surface area (Å²) in [5.41, 5.74) is 2.54. The van der Waals surface area contributed by atoms with Crippen molar-refractivity contribution in [2.24, 2.45) is 0 Å². The van der Waals surface area contributed by atoms with Gasteiger partial charge in [-0.2, -0.15) is 0 Å². The molecule has 4 N–H and O–H groups in total. The van der Waals surface area contributed by atoms with E-state index in [2.05, 4.69) is 41.8 Å². The fourth-order valence-electron chi connectivity index (χ4n) is 3.57. The van der Waals surface area contributed by atoms with Crippen molar-refractivity contribution >= 4 is 17.5 Å². The van der Waals surface area contributed by atoms with Gasteiger partial charge < -0.3 is 15.5 Å². The van der Waals surface area contributed by atoms with Crippen LogP contribution < -0.4 is 15.5 Å². The molecule has 4 nitrogen and oxygen atoms in total. The summed E-state index contributed by atoms with van der Waals surface area (Å²) in [5.74, 6) is 0.122. The maximum atomic E-state index is 12.3. The number of nitrogens with two attached hydrogens (primary N) is 1. The van der Waals surface area contributed by atoms with E-state index in [-0.39, 0.29) is 11.9 Å². The Balaban J connectivity index is 1.39. The van der Waals surface area contributed by atoms with Gasteiger partial charge in [-0.1, -0.05) is 54.1 Å². The number of hydrogen-bond acceptors (Lipinski definition) is 1. The lowest BCUT2D eigenvalue weighted by Gasteiger charge is -2.15. The molecule has 1 heterocycles. The number of hydrogen-bond donors (Lipinski definition) is 3. The first-order valence-electron chi connectivity index (χ1n) is 9.36. The lowest BCUT2D eigenvalue weighted by molar-refractivity contribution is -0.901. The van der Waals surface area contributed by atoms with Crippen molar-refractivity contribution in [3.8, 4) is 0 Å². The zero-order chi connectivity index (χ0) is 18.4. The van der Waals surface area contributed by atoms with Gasteiger partial charge in [0.15, 0.2) is 6.54 Å². The van der Waals surface area contributed by atoms with Crippen LogP contribution in [0.3, 0.4) is 0 Å². The molecule has 0 spiro atoms. The summed E-state index contributed by atoms with van der Waals surface area (Å²) < 4.78 is 0. The van der Waals surface area contributed by atoms with E-state index < -0.39 is 0 Å². The summed E-state index contributed by atoms with van der Waals surface area (Å²) in [6.45, 7) is 5.72. The number of carbonyl (C=O) groups is 1. The summed E-state index contributed by atoms with van der Waals surface area (Å²) in [7, 11) is 0. The van der Waals surface area contributed by atoms with Crippen LogP contribution in [0, 0.1) is 0 Å². The van der Waals surface area contributed by atoms with Gasteiger partial charge in [-0.15, -0.1) is 0 Å². The minimum absolute atomic E-state index is 0.122. The molecule has 3 atom stereocenters. The first-order chi connectivity index (χ1) is 12.6. The Labute approximate surface area is 160 Å². The van der Waals surface area contributed by atoms with Crippen molar-refractivity contribution in [3.05, 3.63) is 70.7 Å². The highest BCUT2D eigenvalue weighted by molar-refractivity contribution is 6.30. The van der Waals surface area contributed by atoms with Crippen molar-refractivity contribution in [1.82, 2.24) is 5.32 Å². The van der Waals surface area contributed by atoms with Crippen molar-refractivity contribution in [2.75, 3.05) is 19.6 Å². The van der Waals surface area contributed by atoms with Crippen LogP contribution in [0.25, 0.3) is 0 Å². The lowest BCUT2D eigenvalue weighted by atomic mass is 10.1. The molecule has 26 heavy (non-hydrogen) atoms. The normalized spacial score (nSPS) is 20.7. The number of amides is 1. The van der Waals surface area contributed by atoms with Crippen LogP contribution in [-0.2, 0) is 11.3 Å². The molecule has 1 amide bonds. The van der Waals surface area contributed by atoms with Crippen LogP contribution in [0.1, 0.15) is 30.5 Å². The molecule has 2 aromatic rings. The zero-order valence-corrected chi connectivity index (χ0v) is 16.0. The van der Waals surface area contributed by atoms with Gasteiger partial charge in [-0.25, -0.2) is 0 Å². The third kappa shape index (κ3) is 5.56. The second kappa shape index (κ2) is 9.17. The molecule has 1 saturated heterocycles. The number of benzene rings is 2. The Morgan fingerprint density at radius 2 is 1.96 bits per heavy atom. The Hall–Kier alpha value is -1.88. The highest BCUT2D eigenvalue weighted by Crippen LogP contribution is 2.13. The van der Waals surface area contributed by atoms with Crippen molar-refractivity contribution < 1.29 is 15.0 Å². The average Bonchev–Trinajstić information content (AvgIpc) is 3.08. The fraction of sp³-hybridized carbons (Fsp3) is 0.381. The number of nitrogens with one attached hydrogen (secondary N) is 2. The molecule has 0 aliphatic carbocycles. The van der Waals surface area contributed by atoms with E-state index in [1.165, 1.54) is 11.1 Å². The lowest BCUT2D eigenvalue weighted by Crippen LogP contribution is -3.09. The fourth-order valence-corrected chi connectivity index (χ4v) is 3.70. The molecule has 0 radical (unpaired) electrons. The molecular weight excluding hydrogens is 346 g/mol. The van der Waals surface area contributed by atoms with Gasteiger partial charge >= 0.3 is 0 Å². The van der Waals surface area contributed by atoms with E-state index in [1.807, 2.05) is 30.3 Å². The molecule has 138 valence electrons. The van der Waals surface area contributed by atoms with Crippen LogP contribution >= 0.6 is 11.6 Å². The number of likely N-dealkylation sites (tertiary alicyclic amines) is 1. The second-order valence-electron chi connectivity index (χ2n) is 7.20. The Morgan fingerprint density at radius 3 is 2.69 bits per heavy atom. The van der Waals surface area contributed by atoms with E-state index in [1.54, 1.807) is 4.90 Å².